The van der Waals surface area contributed by atoms with Gasteiger partial charge in [-0.25, -0.2) is 8.78 Å². The van der Waals surface area contributed by atoms with Crippen LogP contribution in [0, 0.1) is 21.7 Å². The third-order valence-electron chi connectivity index (χ3n) is 2.52. The fraction of sp³-hybridized carbons (Fsp3) is 0.182. The van der Waals surface area contributed by atoms with Gasteiger partial charge in [-0.05, 0) is 23.8 Å². The Morgan fingerprint density at radius 3 is 2.35 bits per heavy atom. The van der Waals surface area contributed by atoms with Gasteiger partial charge < -0.3 is 0 Å². The van der Waals surface area contributed by atoms with Gasteiger partial charge >= 0.3 is 0 Å². The molecule has 0 spiro atoms. The molecule has 0 saturated carbocycles. The highest BCUT2D eigenvalue weighted by molar-refractivity contribution is 6.03. The smallest absolute Gasteiger partial charge is 0.246 e. The largest absolute Gasteiger partial charge is 0.295 e. The van der Waals surface area contributed by atoms with E-state index in [-0.39, 0.29) is 17.6 Å². The third kappa shape index (κ3) is 2.20. The van der Waals surface area contributed by atoms with E-state index in [1.165, 1.54) is 0 Å². The monoisotopic (exact) mass is 239 g/mol. The first-order chi connectivity index (χ1) is 7.97. The lowest BCUT2D eigenvalue weighted by atomic mass is 10.0. The van der Waals surface area contributed by atoms with E-state index in [2.05, 4.69) is 0 Å². The minimum atomic E-state index is -1.22. The van der Waals surface area contributed by atoms with E-state index in [1.807, 2.05) is 0 Å². The molecule has 0 amide bonds. The highest BCUT2D eigenvalue weighted by atomic mass is 19.1. The SMILES string of the molecule is O=C1C=C(c2cc(F)cc(F)c2)C([N+](=O)[O-])C1. The second kappa shape index (κ2) is 4.04. The van der Waals surface area contributed by atoms with Crippen LogP contribution in [-0.2, 0) is 4.79 Å². The molecule has 2 rings (SSSR count). The van der Waals surface area contributed by atoms with E-state index in [1.54, 1.807) is 0 Å². The van der Waals surface area contributed by atoms with Crippen LogP contribution in [0.15, 0.2) is 24.3 Å². The first-order valence-electron chi connectivity index (χ1n) is 4.82. The Balaban J connectivity index is 2.47. The van der Waals surface area contributed by atoms with Gasteiger partial charge in [0.05, 0.1) is 6.42 Å². The molecule has 4 nitrogen and oxygen atoms in total. The summed E-state index contributed by atoms with van der Waals surface area (Å²) in [5.41, 5.74) is 0.0912. The summed E-state index contributed by atoms with van der Waals surface area (Å²) < 4.78 is 26.0. The zero-order valence-electron chi connectivity index (χ0n) is 8.52. The molecule has 0 aliphatic heterocycles. The van der Waals surface area contributed by atoms with Crippen molar-refractivity contribution >= 4 is 11.4 Å². The number of ketones is 1. The van der Waals surface area contributed by atoms with Crippen LogP contribution in [0.25, 0.3) is 5.57 Å². The van der Waals surface area contributed by atoms with E-state index in [0.29, 0.717) is 6.07 Å². The number of carbonyl (C=O) groups excluding carboxylic acids is 1. The van der Waals surface area contributed by atoms with Crippen molar-refractivity contribution < 1.29 is 18.5 Å². The number of rotatable bonds is 2. The summed E-state index contributed by atoms with van der Waals surface area (Å²) in [4.78, 5) is 21.2. The lowest BCUT2D eigenvalue weighted by Gasteiger charge is -2.07. The Morgan fingerprint density at radius 1 is 1.24 bits per heavy atom. The van der Waals surface area contributed by atoms with Crippen LogP contribution in [0.5, 0.6) is 0 Å². The molecular formula is C11H7F2NO3. The van der Waals surface area contributed by atoms with Gasteiger partial charge in [0, 0.05) is 16.6 Å². The van der Waals surface area contributed by atoms with Crippen LogP contribution < -0.4 is 0 Å². The second-order valence-electron chi connectivity index (χ2n) is 3.73. The topological polar surface area (TPSA) is 60.2 Å². The fourth-order valence-corrected chi connectivity index (χ4v) is 1.81. The Kier molecular flexibility index (Phi) is 2.71. The molecule has 0 heterocycles. The average Bonchev–Trinajstić information content (AvgIpc) is 2.59. The lowest BCUT2D eigenvalue weighted by Crippen LogP contribution is -2.19. The summed E-state index contributed by atoms with van der Waals surface area (Å²) in [7, 11) is 0. The number of carbonyl (C=O) groups is 1. The van der Waals surface area contributed by atoms with Gasteiger partial charge in [0.2, 0.25) is 6.04 Å². The minimum absolute atomic E-state index is 0.0371. The molecule has 1 aromatic rings. The maximum absolute atomic E-state index is 13.0. The maximum atomic E-state index is 13.0. The van der Waals surface area contributed by atoms with Crippen LogP contribution in [0.2, 0.25) is 0 Å². The number of allylic oxidation sites excluding steroid dienone is 1. The number of benzene rings is 1. The van der Waals surface area contributed by atoms with Crippen LogP contribution >= 0.6 is 0 Å². The van der Waals surface area contributed by atoms with Crippen LogP contribution in [-0.4, -0.2) is 16.7 Å². The summed E-state index contributed by atoms with van der Waals surface area (Å²) in [6.45, 7) is 0. The van der Waals surface area contributed by atoms with Gasteiger partial charge in [0.15, 0.2) is 5.78 Å². The van der Waals surface area contributed by atoms with Crippen molar-refractivity contribution in [2.24, 2.45) is 0 Å². The van der Waals surface area contributed by atoms with E-state index in [9.17, 15) is 23.7 Å². The summed E-state index contributed by atoms with van der Waals surface area (Å²) >= 11 is 0. The van der Waals surface area contributed by atoms with Crippen molar-refractivity contribution in [3.05, 3.63) is 51.6 Å². The molecular weight excluding hydrogens is 232 g/mol. The predicted molar refractivity (Wildman–Crippen MR) is 54.7 cm³/mol. The van der Waals surface area contributed by atoms with Crippen molar-refractivity contribution in [2.45, 2.75) is 12.5 Å². The molecule has 0 bridgehead atoms. The first-order valence-corrected chi connectivity index (χ1v) is 4.82. The standard InChI is InChI=1S/C11H7F2NO3/c12-7-1-6(2-8(13)3-7)10-4-9(15)5-11(10)14(16)17/h1-4,11H,5H2. The molecule has 1 atom stereocenters. The zero-order chi connectivity index (χ0) is 12.6. The average molecular weight is 239 g/mol. The minimum Gasteiger partial charge on any atom is -0.295 e. The summed E-state index contributed by atoms with van der Waals surface area (Å²) in [6, 6.07) is 1.40. The molecule has 1 aromatic carbocycles. The second-order valence-corrected chi connectivity index (χ2v) is 3.73. The Hall–Kier alpha value is -2.11. The molecule has 0 aromatic heterocycles. The van der Waals surface area contributed by atoms with E-state index >= 15 is 0 Å². The highest BCUT2D eigenvalue weighted by Crippen LogP contribution is 2.29. The zero-order valence-corrected chi connectivity index (χ0v) is 8.52. The summed E-state index contributed by atoms with van der Waals surface area (Å²) in [5, 5.41) is 10.7. The Bertz CT molecular complexity index is 519. The normalized spacial score (nSPS) is 19.3. The molecule has 0 saturated heterocycles. The summed E-state index contributed by atoms with van der Waals surface area (Å²) in [5.74, 6) is -2.07. The van der Waals surface area contributed by atoms with Gasteiger partial charge in [-0.1, -0.05) is 0 Å². The molecule has 1 aliphatic carbocycles. The highest BCUT2D eigenvalue weighted by Gasteiger charge is 2.35. The van der Waals surface area contributed by atoms with Gasteiger partial charge in [0.25, 0.3) is 0 Å². The number of hydrogen-bond acceptors (Lipinski definition) is 3. The van der Waals surface area contributed by atoms with Crippen molar-refractivity contribution in [1.82, 2.24) is 0 Å². The number of nitrogens with zero attached hydrogens (tertiary/aromatic N) is 1. The third-order valence-corrected chi connectivity index (χ3v) is 2.52. The van der Waals surface area contributed by atoms with E-state index in [0.717, 1.165) is 18.2 Å². The molecule has 1 unspecified atom stereocenters. The van der Waals surface area contributed by atoms with Gasteiger partial charge in [-0.3, -0.25) is 14.9 Å². The van der Waals surface area contributed by atoms with Crippen LogP contribution in [0.4, 0.5) is 8.78 Å². The maximum Gasteiger partial charge on any atom is 0.246 e. The van der Waals surface area contributed by atoms with Gasteiger partial charge in [-0.2, -0.15) is 0 Å². The van der Waals surface area contributed by atoms with Gasteiger partial charge in [-0.15, -0.1) is 0 Å². The first kappa shape index (κ1) is 11.4. The lowest BCUT2D eigenvalue weighted by molar-refractivity contribution is -0.503. The van der Waals surface area contributed by atoms with Crippen molar-refractivity contribution in [3.8, 4) is 0 Å². The van der Waals surface area contributed by atoms with Crippen molar-refractivity contribution in [1.29, 1.82) is 0 Å². The molecule has 17 heavy (non-hydrogen) atoms. The van der Waals surface area contributed by atoms with E-state index in [4.69, 9.17) is 0 Å². The van der Waals surface area contributed by atoms with Crippen LogP contribution in [0.3, 0.4) is 0 Å². The van der Waals surface area contributed by atoms with Crippen LogP contribution in [0.1, 0.15) is 12.0 Å². The van der Waals surface area contributed by atoms with Gasteiger partial charge in [0.1, 0.15) is 11.6 Å². The molecule has 6 heteroatoms. The molecule has 0 fully saturated rings. The Morgan fingerprint density at radius 2 is 1.82 bits per heavy atom. The molecule has 88 valence electrons. The quantitative estimate of drug-likeness (QED) is 0.585. The molecule has 1 aliphatic rings. The molecule has 0 radical (unpaired) electrons. The van der Waals surface area contributed by atoms with E-state index < -0.39 is 28.4 Å². The summed E-state index contributed by atoms with van der Waals surface area (Å²) in [6.07, 6.45) is 0.808. The number of hydrogen-bond donors (Lipinski definition) is 0. The van der Waals surface area contributed by atoms with Crippen molar-refractivity contribution in [3.63, 3.8) is 0 Å². The number of nitro groups is 1. The van der Waals surface area contributed by atoms with Crippen molar-refractivity contribution in [2.75, 3.05) is 0 Å². The fourth-order valence-electron chi connectivity index (χ4n) is 1.81. The Labute approximate surface area is 94.7 Å². The number of halogens is 2. The molecule has 0 N–H and O–H groups in total. The predicted octanol–water partition coefficient (Wildman–Crippen LogP) is 1.97.